The highest BCUT2D eigenvalue weighted by atomic mass is 32.1. The Morgan fingerprint density at radius 3 is 2.87 bits per heavy atom. The molecule has 1 atom stereocenters. The third kappa shape index (κ3) is 2.97. The Bertz CT molecular complexity index is 756. The monoisotopic (exact) mass is 333 g/mol. The zero-order valence-electron chi connectivity index (χ0n) is 13.0. The Labute approximate surface area is 137 Å². The van der Waals surface area contributed by atoms with Crippen molar-refractivity contribution in [1.29, 1.82) is 0 Å². The SMILES string of the molecule is CC(C1CC1)N(C(=O)Cn1nc(-c2cccs2)oc1=O)C1CC1. The first kappa shape index (κ1) is 14.7. The molecule has 0 bridgehead atoms. The molecule has 0 aromatic carbocycles. The van der Waals surface area contributed by atoms with Crippen LogP contribution < -0.4 is 5.76 Å². The zero-order chi connectivity index (χ0) is 16.0. The van der Waals surface area contributed by atoms with Crippen molar-refractivity contribution in [2.45, 2.75) is 51.2 Å². The van der Waals surface area contributed by atoms with Gasteiger partial charge in [0.1, 0.15) is 6.54 Å². The van der Waals surface area contributed by atoms with Gasteiger partial charge in [-0.15, -0.1) is 16.4 Å². The quantitative estimate of drug-likeness (QED) is 0.814. The maximum Gasteiger partial charge on any atom is 0.437 e. The summed E-state index contributed by atoms with van der Waals surface area (Å²) in [6, 6.07) is 4.32. The minimum absolute atomic E-state index is 0.0278. The van der Waals surface area contributed by atoms with E-state index >= 15 is 0 Å². The van der Waals surface area contributed by atoms with Crippen LogP contribution in [0.15, 0.2) is 26.7 Å². The molecular weight excluding hydrogens is 314 g/mol. The minimum Gasteiger partial charge on any atom is -0.387 e. The number of amides is 1. The molecule has 0 radical (unpaired) electrons. The molecule has 2 aromatic rings. The number of nitrogens with zero attached hydrogens (tertiary/aromatic N) is 3. The van der Waals surface area contributed by atoms with Crippen molar-refractivity contribution in [3.05, 3.63) is 28.1 Å². The van der Waals surface area contributed by atoms with Gasteiger partial charge in [-0.3, -0.25) is 4.79 Å². The van der Waals surface area contributed by atoms with Crippen molar-refractivity contribution in [3.8, 4) is 10.8 Å². The van der Waals surface area contributed by atoms with Gasteiger partial charge in [0.25, 0.3) is 5.89 Å². The number of hydrogen-bond acceptors (Lipinski definition) is 5. The molecule has 122 valence electrons. The van der Waals surface area contributed by atoms with Gasteiger partial charge in [0.2, 0.25) is 5.91 Å². The van der Waals surface area contributed by atoms with Gasteiger partial charge in [0.05, 0.1) is 4.88 Å². The van der Waals surface area contributed by atoms with Gasteiger partial charge in [-0.1, -0.05) is 6.07 Å². The summed E-state index contributed by atoms with van der Waals surface area (Å²) in [4.78, 5) is 27.4. The zero-order valence-corrected chi connectivity index (χ0v) is 13.8. The van der Waals surface area contributed by atoms with Crippen LogP contribution in [0.3, 0.4) is 0 Å². The summed E-state index contributed by atoms with van der Waals surface area (Å²) in [5.41, 5.74) is 0. The normalized spacial score (nSPS) is 18.8. The summed E-state index contributed by atoms with van der Waals surface area (Å²) in [7, 11) is 0. The van der Waals surface area contributed by atoms with E-state index in [4.69, 9.17) is 4.42 Å². The topological polar surface area (TPSA) is 68.3 Å². The summed E-state index contributed by atoms with van der Waals surface area (Å²) in [6.07, 6.45) is 4.53. The molecule has 4 rings (SSSR count). The van der Waals surface area contributed by atoms with E-state index in [2.05, 4.69) is 12.0 Å². The largest absolute Gasteiger partial charge is 0.437 e. The Kier molecular flexibility index (Phi) is 3.60. The van der Waals surface area contributed by atoms with Crippen LogP contribution in [0.1, 0.15) is 32.6 Å². The van der Waals surface area contributed by atoms with Crippen molar-refractivity contribution in [2.24, 2.45) is 5.92 Å². The lowest BCUT2D eigenvalue weighted by molar-refractivity contribution is -0.135. The summed E-state index contributed by atoms with van der Waals surface area (Å²) < 4.78 is 6.32. The van der Waals surface area contributed by atoms with E-state index in [0.29, 0.717) is 12.0 Å². The second-order valence-corrected chi connectivity index (χ2v) is 7.37. The molecule has 1 unspecified atom stereocenters. The van der Waals surface area contributed by atoms with Gasteiger partial charge in [-0.05, 0) is 50.0 Å². The molecule has 2 heterocycles. The molecular formula is C16H19N3O3S. The van der Waals surface area contributed by atoms with Crippen LogP contribution >= 0.6 is 11.3 Å². The van der Waals surface area contributed by atoms with Crippen LogP contribution in [0.2, 0.25) is 0 Å². The second-order valence-electron chi connectivity index (χ2n) is 6.42. The lowest BCUT2D eigenvalue weighted by Gasteiger charge is -2.29. The molecule has 0 spiro atoms. The van der Waals surface area contributed by atoms with Crippen LogP contribution in [0, 0.1) is 5.92 Å². The minimum atomic E-state index is -0.573. The molecule has 7 heteroatoms. The molecule has 2 aromatic heterocycles. The lowest BCUT2D eigenvalue weighted by Crippen LogP contribution is -2.44. The maximum atomic E-state index is 12.7. The molecule has 0 aliphatic heterocycles. The molecule has 2 saturated carbocycles. The highest BCUT2D eigenvalue weighted by molar-refractivity contribution is 7.13. The van der Waals surface area contributed by atoms with E-state index in [1.807, 2.05) is 22.4 Å². The van der Waals surface area contributed by atoms with Crippen molar-refractivity contribution in [2.75, 3.05) is 0 Å². The van der Waals surface area contributed by atoms with E-state index in [1.54, 1.807) is 0 Å². The van der Waals surface area contributed by atoms with Crippen molar-refractivity contribution in [1.82, 2.24) is 14.7 Å². The van der Waals surface area contributed by atoms with Crippen LogP contribution in [0.4, 0.5) is 0 Å². The standard InChI is InChI=1S/C16H19N3O3S/c1-10(11-4-5-11)19(12-6-7-12)14(20)9-18-16(21)22-15(17-18)13-3-2-8-23-13/h2-3,8,10-12H,4-7,9H2,1H3. The molecule has 6 nitrogen and oxygen atoms in total. The van der Waals surface area contributed by atoms with Crippen LogP contribution in [-0.4, -0.2) is 32.7 Å². The first-order valence-electron chi connectivity index (χ1n) is 8.06. The Balaban J connectivity index is 1.52. The third-order valence-corrected chi connectivity index (χ3v) is 5.45. The van der Waals surface area contributed by atoms with E-state index in [0.717, 1.165) is 22.4 Å². The molecule has 1 amide bonds. The molecule has 0 saturated heterocycles. The van der Waals surface area contributed by atoms with E-state index < -0.39 is 5.76 Å². The fourth-order valence-electron chi connectivity index (χ4n) is 3.04. The Morgan fingerprint density at radius 1 is 1.48 bits per heavy atom. The maximum absolute atomic E-state index is 12.7. The molecule has 2 aliphatic carbocycles. The van der Waals surface area contributed by atoms with E-state index in [-0.39, 0.29) is 24.4 Å². The fourth-order valence-corrected chi connectivity index (χ4v) is 3.68. The number of carbonyl (C=O) groups is 1. The van der Waals surface area contributed by atoms with Gasteiger partial charge in [-0.2, -0.15) is 4.68 Å². The average Bonchev–Trinajstić information content (AvgIpc) is 3.44. The Hall–Kier alpha value is -1.89. The summed E-state index contributed by atoms with van der Waals surface area (Å²) in [5.74, 6) is 0.304. The van der Waals surface area contributed by atoms with Gasteiger partial charge in [0.15, 0.2) is 0 Å². The first-order chi connectivity index (χ1) is 11.1. The molecule has 2 fully saturated rings. The predicted octanol–water partition coefficient (Wildman–Crippen LogP) is 2.35. The van der Waals surface area contributed by atoms with Crippen LogP contribution in [-0.2, 0) is 11.3 Å². The highest BCUT2D eigenvalue weighted by Gasteiger charge is 2.41. The van der Waals surface area contributed by atoms with Crippen LogP contribution in [0.5, 0.6) is 0 Å². The highest BCUT2D eigenvalue weighted by Crippen LogP contribution is 2.39. The second kappa shape index (κ2) is 5.63. The summed E-state index contributed by atoms with van der Waals surface area (Å²) in [6.45, 7) is 2.08. The van der Waals surface area contributed by atoms with Gasteiger partial charge in [-0.25, -0.2) is 4.79 Å². The summed E-state index contributed by atoms with van der Waals surface area (Å²) >= 11 is 1.45. The number of hydrogen-bond donors (Lipinski definition) is 0. The lowest BCUT2D eigenvalue weighted by atomic mass is 10.1. The number of rotatable bonds is 6. The molecule has 0 N–H and O–H groups in total. The van der Waals surface area contributed by atoms with Crippen molar-refractivity contribution >= 4 is 17.2 Å². The van der Waals surface area contributed by atoms with Gasteiger partial charge < -0.3 is 9.32 Å². The number of thiophene rings is 1. The summed E-state index contributed by atoms with van der Waals surface area (Å²) in [5, 5.41) is 6.07. The fraction of sp³-hybridized carbons (Fsp3) is 0.562. The van der Waals surface area contributed by atoms with Crippen molar-refractivity contribution < 1.29 is 9.21 Å². The smallest absolute Gasteiger partial charge is 0.387 e. The molecule has 2 aliphatic rings. The van der Waals surface area contributed by atoms with Crippen LogP contribution in [0.25, 0.3) is 10.8 Å². The van der Waals surface area contributed by atoms with Crippen molar-refractivity contribution in [3.63, 3.8) is 0 Å². The van der Waals surface area contributed by atoms with E-state index in [1.165, 1.54) is 24.2 Å². The molecule has 23 heavy (non-hydrogen) atoms. The predicted molar refractivity (Wildman–Crippen MR) is 86.1 cm³/mol. The van der Waals surface area contributed by atoms with Gasteiger partial charge >= 0.3 is 5.76 Å². The first-order valence-corrected chi connectivity index (χ1v) is 8.94. The average molecular weight is 333 g/mol. The number of aromatic nitrogens is 2. The number of carbonyl (C=O) groups excluding carboxylic acids is 1. The van der Waals surface area contributed by atoms with Gasteiger partial charge in [0, 0.05) is 12.1 Å². The third-order valence-electron chi connectivity index (χ3n) is 4.59. The Morgan fingerprint density at radius 2 is 2.26 bits per heavy atom. The van der Waals surface area contributed by atoms with E-state index in [9.17, 15) is 9.59 Å².